The third-order valence-corrected chi connectivity index (χ3v) is 5.29. The van der Waals surface area contributed by atoms with Gasteiger partial charge in [0.25, 0.3) is 0 Å². The van der Waals surface area contributed by atoms with Crippen molar-refractivity contribution < 1.29 is 9.15 Å². The Bertz CT molecular complexity index is 1200. The minimum Gasteiger partial charge on any atom is -0.456 e. The van der Waals surface area contributed by atoms with E-state index in [0.717, 1.165) is 27.3 Å². The number of ether oxygens (including phenoxy) is 1. The molecule has 0 spiro atoms. The number of rotatable bonds is 4. The fourth-order valence-corrected chi connectivity index (χ4v) is 3.60. The predicted octanol–water partition coefficient (Wildman–Crippen LogP) is 6.44. The van der Waals surface area contributed by atoms with E-state index in [2.05, 4.69) is 0 Å². The summed E-state index contributed by atoms with van der Waals surface area (Å²) in [6, 6.07) is 28.3. The lowest BCUT2D eigenvalue weighted by atomic mass is 10.0. The molecule has 0 N–H and O–H groups in total. The summed E-state index contributed by atoms with van der Waals surface area (Å²) in [5, 5.41) is 0.717. The van der Waals surface area contributed by atoms with E-state index in [9.17, 15) is 4.79 Å². The number of benzene rings is 3. The summed E-state index contributed by atoms with van der Waals surface area (Å²) < 4.78 is 11.9. The Balaban J connectivity index is 1.39. The van der Waals surface area contributed by atoms with Crippen LogP contribution in [0.5, 0.6) is 0 Å². The maximum absolute atomic E-state index is 12.2. The van der Waals surface area contributed by atoms with Crippen molar-refractivity contribution in [3.8, 4) is 22.6 Å². The number of halogens is 1. The molecular weight excluding hydrogens is 384 g/mol. The highest BCUT2D eigenvalue weighted by molar-refractivity contribution is 6.30. The van der Waals surface area contributed by atoms with Crippen molar-refractivity contribution in [1.82, 2.24) is 0 Å². The van der Waals surface area contributed by atoms with E-state index < -0.39 is 0 Å². The van der Waals surface area contributed by atoms with Crippen LogP contribution < -0.4 is 5.43 Å². The standard InChI is InChI=1S/C25H17ClO3/c26-20-12-10-19(11-13-20)25-24(29-25)18-8-6-17(7-9-18)23-15-21(27)14-22(28-23)16-4-2-1-3-5-16/h1-15,24-25H. The summed E-state index contributed by atoms with van der Waals surface area (Å²) in [7, 11) is 0. The first-order valence-corrected chi connectivity index (χ1v) is 9.77. The molecule has 5 rings (SSSR count). The van der Waals surface area contributed by atoms with Crippen molar-refractivity contribution in [3.05, 3.63) is 117 Å². The quantitative estimate of drug-likeness (QED) is 0.370. The summed E-state index contributed by atoms with van der Waals surface area (Å²) in [4.78, 5) is 12.2. The molecular formula is C25H17ClO3. The van der Waals surface area contributed by atoms with Gasteiger partial charge in [0.15, 0.2) is 5.43 Å². The smallest absolute Gasteiger partial charge is 0.186 e. The molecule has 0 bridgehead atoms. The zero-order valence-corrected chi connectivity index (χ0v) is 16.2. The number of epoxide rings is 1. The monoisotopic (exact) mass is 400 g/mol. The van der Waals surface area contributed by atoms with Crippen molar-refractivity contribution >= 4 is 11.6 Å². The zero-order valence-electron chi connectivity index (χ0n) is 15.4. The summed E-state index contributed by atoms with van der Waals surface area (Å²) in [5.41, 5.74) is 3.86. The third kappa shape index (κ3) is 3.75. The minimum absolute atomic E-state index is 0.0351. The second-order valence-corrected chi connectivity index (χ2v) is 7.47. The van der Waals surface area contributed by atoms with Gasteiger partial charge in [-0.1, -0.05) is 78.3 Å². The van der Waals surface area contributed by atoms with E-state index >= 15 is 0 Å². The molecule has 4 heteroatoms. The van der Waals surface area contributed by atoms with Gasteiger partial charge >= 0.3 is 0 Å². The Labute approximate surface area is 173 Å². The molecule has 0 radical (unpaired) electrons. The van der Waals surface area contributed by atoms with Crippen LogP contribution in [-0.2, 0) is 4.74 Å². The molecule has 1 saturated heterocycles. The van der Waals surface area contributed by atoms with Gasteiger partial charge in [0.05, 0.1) is 0 Å². The van der Waals surface area contributed by atoms with E-state index in [0.29, 0.717) is 11.5 Å². The summed E-state index contributed by atoms with van der Waals surface area (Å²) >= 11 is 5.96. The second-order valence-electron chi connectivity index (χ2n) is 7.04. The van der Waals surface area contributed by atoms with Crippen LogP contribution in [0.4, 0.5) is 0 Å². The molecule has 0 aliphatic carbocycles. The van der Waals surface area contributed by atoms with Gasteiger partial charge in [-0.05, 0) is 23.3 Å². The molecule has 1 fully saturated rings. The van der Waals surface area contributed by atoms with Gasteiger partial charge in [-0.15, -0.1) is 0 Å². The number of hydrogen-bond acceptors (Lipinski definition) is 3. The van der Waals surface area contributed by atoms with Crippen LogP contribution in [0.2, 0.25) is 5.02 Å². The van der Waals surface area contributed by atoms with E-state index in [1.54, 1.807) is 0 Å². The van der Waals surface area contributed by atoms with E-state index in [4.69, 9.17) is 20.8 Å². The van der Waals surface area contributed by atoms with Crippen molar-refractivity contribution in [2.45, 2.75) is 12.2 Å². The highest BCUT2D eigenvalue weighted by atomic mass is 35.5. The molecule has 1 aromatic heterocycles. The Morgan fingerprint density at radius 2 is 1.17 bits per heavy atom. The highest BCUT2D eigenvalue weighted by Crippen LogP contribution is 2.51. The Hall–Kier alpha value is -3.14. The van der Waals surface area contributed by atoms with Gasteiger partial charge in [0, 0.05) is 28.3 Å². The molecule has 0 saturated carbocycles. The molecule has 142 valence electrons. The lowest BCUT2D eigenvalue weighted by Gasteiger charge is -2.06. The number of hydrogen-bond donors (Lipinski definition) is 0. The first kappa shape index (κ1) is 17.9. The van der Waals surface area contributed by atoms with Gasteiger partial charge in [0.2, 0.25) is 0 Å². The molecule has 2 atom stereocenters. The maximum Gasteiger partial charge on any atom is 0.186 e. The summed E-state index contributed by atoms with van der Waals surface area (Å²) in [5.74, 6) is 1.11. The first-order chi connectivity index (χ1) is 14.2. The van der Waals surface area contributed by atoms with Crippen LogP contribution in [0.3, 0.4) is 0 Å². The lowest BCUT2D eigenvalue weighted by Crippen LogP contribution is -1.98. The van der Waals surface area contributed by atoms with Crippen LogP contribution in [-0.4, -0.2) is 0 Å². The predicted molar refractivity (Wildman–Crippen MR) is 114 cm³/mol. The molecule has 2 heterocycles. The summed E-state index contributed by atoms with van der Waals surface area (Å²) in [6.45, 7) is 0. The fraction of sp³-hybridized carbons (Fsp3) is 0.0800. The Morgan fingerprint density at radius 1 is 0.655 bits per heavy atom. The normalized spacial score (nSPS) is 17.8. The molecule has 3 aromatic carbocycles. The molecule has 3 nitrogen and oxygen atoms in total. The topological polar surface area (TPSA) is 42.7 Å². The molecule has 4 aromatic rings. The zero-order chi connectivity index (χ0) is 19.8. The van der Waals surface area contributed by atoms with Crippen LogP contribution in [0, 0.1) is 0 Å². The second kappa shape index (κ2) is 7.36. The Morgan fingerprint density at radius 3 is 1.76 bits per heavy atom. The minimum atomic E-state index is -0.0810. The van der Waals surface area contributed by atoms with E-state index in [1.807, 2.05) is 78.9 Å². The average molecular weight is 401 g/mol. The van der Waals surface area contributed by atoms with Crippen LogP contribution in [0.1, 0.15) is 23.3 Å². The van der Waals surface area contributed by atoms with Gasteiger partial charge in [-0.2, -0.15) is 0 Å². The van der Waals surface area contributed by atoms with Gasteiger partial charge in [-0.3, -0.25) is 4.79 Å². The molecule has 0 amide bonds. The fourth-order valence-electron chi connectivity index (χ4n) is 3.47. The molecule has 2 unspecified atom stereocenters. The van der Waals surface area contributed by atoms with Crippen molar-refractivity contribution in [2.75, 3.05) is 0 Å². The first-order valence-electron chi connectivity index (χ1n) is 9.39. The van der Waals surface area contributed by atoms with Gasteiger partial charge in [0.1, 0.15) is 23.7 Å². The van der Waals surface area contributed by atoms with Crippen molar-refractivity contribution in [2.24, 2.45) is 0 Å². The SMILES string of the molecule is O=c1cc(-c2ccccc2)oc(-c2ccc(C3OC3c3ccc(Cl)cc3)cc2)c1. The van der Waals surface area contributed by atoms with E-state index in [1.165, 1.54) is 12.1 Å². The molecule has 29 heavy (non-hydrogen) atoms. The Kier molecular flexibility index (Phi) is 4.55. The van der Waals surface area contributed by atoms with Crippen LogP contribution >= 0.6 is 11.6 Å². The van der Waals surface area contributed by atoms with Crippen LogP contribution in [0.15, 0.2) is 100 Å². The molecule has 1 aliphatic heterocycles. The highest BCUT2D eigenvalue weighted by Gasteiger charge is 2.41. The van der Waals surface area contributed by atoms with Crippen molar-refractivity contribution in [3.63, 3.8) is 0 Å². The van der Waals surface area contributed by atoms with Gasteiger partial charge < -0.3 is 9.15 Å². The molecule has 1 aliphatic rings. The maximum atomic E-state index is 12.2. The third-order valence-electron chi connectivity index (χ3n) is 5.04. The van der Waals surface area contributed by atoms with Crippen LogP contribution in [0.25, 0.3) is 22.6 Å². The van der Waals surface area contributed by atoms with Gasteiger partial charge in [-0.25, -0.2) is 0 Å². The average Bonchev–Trinajstić information content (AvgIpc) is 3.55. The summed E-state index contributed by atoms with van der Waals surface area (Å²) in [6.07, 6.45) is 0.0883. The lowest BCUT2D eigenvalue weighted by molar-refractivity contribution is 0.377. The largest absolute Gasteiger partial charge is 0.456 e. The van der Waals surface area contributed by atoms with Crippen molar-refractivity contribution in [1.29, 1.82) is 0 Å². The van der Waals surface area contributed by atoms with E-state index in [-0.39, 0.29) is 17.6 Å².